The normalized spacial score (nSPS) is 9.83. The number of nitrogens with zero attached hydrogens (tertiary/aromatic N) is 3. The number of amides is 1. The van der Waals surface area contributed by atoms with Crippen LogP contribution in [0.5, 0.6) is 5.75 Å². The summed E-state index contributed by atoms with van der Waals surface area (Å²) in [5.41, 5.74) is 6.41. The molecule has 1 heterocycles. The van der Waals surface area contributed by atoms with Gasteiger partial charge in [0.25, 0.3) is 5.91 Å². The van der Waals surface area contributed by atoms with Crippen molar-refractivity contribution < 1.29 is 9.53 Å². The summed E-state index contributed by atoms with van der Waals surface area (Å²) in [7, 11) is 1.48. The van der Waals surface area contributed by atoms with Gasteiger partial charge in [0, 0.05) is 5.69 Å². The molecule has 18 heavy (non-hydrogen) atoms. The molecule has 3 N–H and O–H groups in total. The van der Waals surface area contributed by atoms with Crippen molar-refractivity contribution in [3.05, 3.63) is 36.2 Å². The van der Waals surface area contributed by atoms with Crippen molar-refractivity contribution >= 4 is 17.5 Å². The molecule has 0 saturated heterocycles. The van der Waals surface area contributed by atoms with Crippen molar-refractivity contribution in [3.63, 3.8) is 0 Å². The molecule has 0 spiro atoms. The van der Waals surface area contributed by atoms with Crippen molar-refractivity contribution in [2.45, 2.75) is 0 Å². The van der Waals surface area contributed by atoms with Crippen molar-refractivity contribution in [2.75, 3.05) is 18.2 Å². The molecule has 2 aromatic rings. The van der Waals surface area contributed by atoms with E-state index in [4.69, 9.17) is 10.5 Å². The number of benzene rings is 1. The molecule has 7 nitrogen and oxygen atoms in total. The summed E-state index contributed by atoms with van der Waals surface area (Å²) in [6, 6.07) is 4.79. The first-order chi connectivity index (χ1) is 8.70. The number of ether oxygens (including phenoxy) is 1. The van der Waals surface area contributed by atoms with Crippen LogP contribution in [0.4, 0.5) is 11.6 Å². The van der Waals surface area contributed by atoms with Crippen molar-refractivity contribution in [1.29, 1.82) is 0 Å². The topological polar surface area (TPSA) is 103 Å². The lowest BCUT2D eigenvalue weighted by Gasteiger charge is -2.08. The fraction of sp³-hybridized carbons (Fsp3) is 0.0909. The lowest BCUT2D eigenvalue weighted by molar-refractivity contribution is 0.102. The lowest BCUT2D eigenvalue weighted by Crippen LogP contribution is -2.15. The Kier molecular flexibility index (Phi) is 3.33. The quantitative estimate of drug-likeness (QED) is 0.772. The molecular weight excluding hydrogens is 234 g/mol. The van der Waals surface area contributed by atoms with E-state index in [1.807, 2.05) is 0 Å². The third kappa shape index (κ3) is 2.51. The Balaban J connectivity index is 2.26. The zero-order valence-electron chi connectivity index (χ0n) is 9.62. The molecule has 0 fully saturated rings. The predicted molar refractivity (Wildman–Crippen MR) is 65.2 cm³/mol. The molecule has 7 heteroatoms. The number of aromatic nitrogens is 3. The Bertz CT molecular complexity index is 559. The minimum absolute atomic E-state index is 0.118. The first-order valence-electron chi connectivity index (χ1n) is 5.09. The number of carbonyl (C=O) groups excluding carboxylic acids is 1. The van der Waals surface area contributed by atoms with Crippen molar-refractivity contribution in [1.82, 2.24) is 15.2 Å². The van der Waals surface area contributed by atoms with Gasteiger partial charge >= 0.3 is 0 Å². The van der Waals surface area contributed by atoms with Gasteiger partial charge in [0.2, 0.25) is 5.95 Å². The van der Waals surface area contributed by atoms with Gasteiger partial charge in [-0.2, -0.15) is 5.10 Å². The van der Waals surface area contributed by atoms with Crippen LogP contribution in [0, 0.1) is 0 Å². The van der Waals surface area contributed by atoms with Gasteiger partial charge in [0.1, 0.15) is 5.75 Å². The standard InChI is InChI=1S/C11H11N5O2/c1-18-9-3-2-7(12)6-8(9)10(17)15-11-13-4-5-14-16-11/h2-6H,12H2,1H3,(H,13,15,16,17). The molecule has 0 aliphatic carbocycles. The molecule has 0 saturated carbocycles. The summed E-state index contributed by atoms with van der Waals surface area (Å²) in [4.78, 5) is 15.8. The van der Waals surface area contributed by atoms with Crippen LogP contribution in [-0.2, 0) is 0 Å². The van der Waals surface area contributed by atoms with Gasteiger partial charge in [0.05, 0.1) is 25.1 Å². The maximum Gasteiger partial charge on any atom is 0.261 e. The van der Waals surface area contributed by atoms with Crippen LogP contribution in [0.1, 0.15) is 10.4 Å². The summed E-state index contributed by atoms with van der Waals surface area (Å²) in [6.45, 7) is 0. The van der Waals surface area contributed by atoms with E-state index >= 15 is 0 Å². The summed E-state index contributed by atoms with van der Waals surface area (Å²) in [5, 5.41) is 9.77. The Morgan fingerprint density at radius 1 is 1.39 bits per heavy atom. The van der Waals surface area contributed by atoms with Crippen LogP contribution >= 0.6 is 0 Å². The average molecular weight is 245 g/mol. The molecule has 0 aliphatic heterocycles. The van der Waals surface area contributed by atoms with Gasteiger partial charge in [-0.3, -0.25) is 10.1 Å². The van der Waals surface area contributed by atoms with Crippen LogP contribution in [0.2, 0.25) is 0 Å². The molecule has 1 aromatic carbocycles. The average Bonchev–Trinajstić information content (AvgIpc) is 2.40. The highest BCUT2D eigenvalue weighted by Crippen LogP contribution is 2.21. The Hall–Kier alpha value is -2.70. The Labute approximate surface area is 103 Å². The largest absolute Gasteiger partial charge is 0.496 e. The first kappa shape index (κ1) is 11.8. The number of rotatable bonds is 3. The Morgan fingerprint density at radius 2 is 2.22 bits per heavy atom. The second-order valence-electron chi connectivity index (χ2n) is 3.38. The molecule has 92 valence electrons. The number of nitrogens with two attached hydrogens (primary N) is 1. The smallest absolute Gasteiger partial charge is 0.261 e. The molecule has 0 radical (unpaired) electrons. The maximum atomic E-state index is 12.0. The fourth-order valence-corrected chi connectivity index (χ4v) is 1.38. The minimum Gasteiger partial charge on any atom is -0.496 e. The van der Waals surface area contributed by atoms with Gasteiger partial charge in [-0.05, 0) is 18.2 Å². The Morgan fingerprint density at radius 3 is 2.89 bits per heavy atom. The van der Waals surface area contributed by atoms with E-state index in [9.17, 15) is 4.79 Å². The van der Waals surface area contributed by atoms with E-state index < -0.39 is 5.91 Å². The number of carbonyl (C=O) groups is 1. The number of anilines is 2. The number of methoxy groups -OCH3 is 1. The van der Waals surface area contributed by atoms with Gasteiger partial charge in [-0.25, -0.2) is 4.98 Å². The molecular formula is C11H11N5O2. The maximum absolute atomic E-state index is 12.0. The zero-order chi connectivity index (χ0) is 13.0. The van der Waals surface area contributed by atoms with Crippen LogP contribution < -0.4 is 15.8 Å². The van der Waals surface area contributed by atoms with E-state index in [1.165, 1.54) is 25.6 Å². The summed E-state index contributed by atoms with van der Waals surface area (Å²) in [6.07, 6.45) is 2.84. The third-order valence-electron chi connectivity index (χ3n) is 2.18. The summed E-state index contributed by atoms with van der Waals surface area (Å²) < 4.78 is 5.09. The molecule has 1 amide bonds. The van der Waals surface area contributed by atoms with Crippen LogP contribution in [0.15, 0.2) is 30.6 Å². The predicted octanol–water partition coefficient (Wildman–Crippen LogP) is 0.715. The van der Waals surface area contributed by atoms with Crippen LogP contribution in [0.25, 0.3) is 0 Å². The molecule has 2 rings (SSSR count). The molecule has 0 aliphatic rings. The highest BCUT2D eigenvalue weighted by atomic mass is 16.5. The lowest BCUT2D eigenvalue weighted by atomic mass is 10.1. The molecule has 1 aromatic heterocycles. The van der Waals surface area contributed by atoms with Crippen LogP contribution in [-0.4, -0.2) is 28.2 Å². The van der Waals surface area contributed by atoms with E-state index in [2.05, 4.69) is 20.5 Å². The van der Waals surface area contributed by atoms with Crippen molar-refractivity contribution in [2.24, 2.45) is 0 Å². The number of nitrogens with one attached hydrogen (secondary N) is 1. The van der Waals surface area contributed by atoms with E-state index in [1.54, 1.807) is 12.1 Å². The van der Waals surface area contributed by atoms with Crippen molar-refractivity contribution in [3.8, 4) is 5.75 Å². The number of hydrogen-bond acceptors (Lipinski definition) is 6. The second kappa shape index (κ2) is 5.09. The summed E-state index contributed by atoms with van der Waals surface area (Å²) in [5.74, 6) is 0.129. The van der Waals surface area contributed by atoms with Crippen LogP contribution in [0.3, 0.4) is 0 Å². The van der Waals surface area contributed by atoms with E-state index in [0.717, 1.165) is 0 Å². The molecule has 0 atom stereocenters. The molecule has 0 unspecified atom stereocenters. The SMILES string of the molecule is COc1ccc(N)cc1C(=O)Nc1nccnn1. The van der Waals surface area contributed by atoms with Gasteiger partial charge < -0.3 is 10.5 Å². The van der Waals surface area contributed by atoms with Gasteiger partial charge in [0.15, 0.2) is 0 Å². The second-order valence-corrected chi connectivity index (χ2v) is 3.38. The fourth-order valence-electron chi connectivity index (χ4n) is 1.38. The third-order valence-corrected chi connectivity index (χ3v) is 2.18. The monoisotopic (exact) mass is 245 g/mol. The minimum atomic E-state index is -0.410. The van der Waals surface area contributed by atoms with Gasteiger partial charge in [-0.1, -0.05) is 0 Å². The highest BCUT2D eigenvalue weighted by Gasteiger charge is 2.13. The number of hydrogen-bond donors (Lipinski definition) is 2. The first-order valence-corrected chi connectivity index (χ1v) is 5.09. The zero-order valence-corrected chi connectivity index (χ0v) is 9.62. The molecule has 0 bridgehead atoms. The van der Waals surface area contributed by atoms with E-state index in [0.29, 0.717) is 17.0 Å². The van der Waals surface area contributed by atoms with Gasteiger partial charge in [-0.15, -0.1) is 5.10 Å². The summed E-state index contributed by atoms with van der Waals surface area (Å²) >= 11 is 0. The number of nitrogen functional groups attached to an aromatic ring is 1. The highest BCUT2D eigenvalue weighted by molar-refractivity contribution is 6.05. The van der Waals surface area contributed by atoms with E-state index in [-0.39, 0.29) is 5.95 Å².